The lowest BCUT2D eigenvalue weighted by Crippen LogP contribution is -2.35. The van der Waals surface area contributed by atoms with Crippen LogP contribution in [0.3, 0.4) is 0 Å². The minimum atomic E-state index is -0.305. The molecule has 10 nitrogen and oxygen atoms in total. The molecule has 0 saturated carbocycles. The molecule has 1 atom stereocenters. The Kier molecular flexibility index (Phi) is 4.93. The summed E-state index contributed by atoms with van der Waals surface area (Å²) in [6, 6.07) is 9.02. The fourth-order valence-electron chi connectivity index (χ4n) is 4.38. The van der Waals surface area contributed by atoms with Crippen LogP contribution in [0.25, 0.3) is 5.69 Å². The molecule has 0 radical (unpaired) electrons. The van der Waals surface area contributed by atoms with Gasteiger partial charge < -0.3 is 19.1 Å². The lowest BCUT2D eigenvalue weighted by Gasteiger charge is -2.35. The first-order chi connectivity index (χ1) is 15.5. The molecule has 1 unspecified atom stereocenters. The molecule has 32 heavy (non-hydrogen) atoms. The van der Waals surface area contributed by atoms with Crippen LogP contribution in [0.2, 0.25) is 0 Å². The first-order valence-electron chi connectivity index (χ1n) is 10.3. The standard InChI is InChI=1S/C22H24N6O4/c1-26(2)22(29)14-7-5-6-8-15(14)28-21(23-24-25-28)18-17-13(9-10-27(18)3)11-16-19(20(17)30-4)32-12-31-16/h5-8,11,18H,9-10,12H2,1-4H3. The van der Waals surface area contributed by atoms with Gasteiger partial charge in [-0.3, -0.25) is 9.69 Å². The van der Waals surface area contributed by atoms with Crippen molar-refractivity contribution >= 4 is 5.91 Å². The van der Waals surface area contributed by atoms with Crippen molar-refractivity contribution in [1.82, 2.24) is 30.0 Å². The molecular weight excluding hydrogens is 412 g/mol. The van der Waals surface area contributed by atoms with E-state index in [0.29, 0.717) is 34.3 Å². The molecule has 0 spiro atoms. The van der Waals surface area contributed by atoms with Gasteiger partial charge in [0.25, 0.3) is 5.91 Å². The maximum absolute atomic E-state index is 12.8. The Morgan fingerprint density at radius 3 is 2.84 bits per heavy atom. The minimum Gasteiger partial charge on any atom is -0.492 e. The molecule has 166 valence electrons. The van der Waals surface area contributed by atoms with Gasteiger partial charge in [0.15, 0.2) is 17.3 Å². The Bertz CT molecular complexity index is 1190. The number of benzene rings is 2. The highest BCUT2D eigenvalue weighted by Gasteiger charge is 2.38. The van der Waals surface area contributed by atoms with Crippen molar-refractivity contribution < 1.29 is 19.0 Å². The van der Waals surface area contributed by atoms with Crippen molar-refractivity contribution in [2.45, 2.75) is 12.5 Å². The summed E-state index contributed by atoms with van der Waals surface area (Å²) >= 11 is 0. The third-order valence-corrected chi connectivity index (χ3v) is 5.90. The van der Waals surface area contributed by atoms with Crippen LogP contribution >= 0.6 is 0 Å². The predicted molar refractivity (Wildman–Crippen MR) is 114 cm³/mol. The zero-order valence-corrected chi connectivity index (χ0v) is 18.4. The maximum Gasteiger partial charge on any atom is 0.255 e. The van der Waals surface area contributed by atoms with E-state index in [1.165, 1.54) is 4.90 Å². The number of methoxy groups -OCH3 is 1. The van der Waals surface area contributed by atoms with E-state index in [1.807, 2.05) is 31.3 Å². The molecule has 0 aliphatic carbocycles. The number of ether oxygens (including phenoxy) is 3. The summed E-state index contributed by atoms with van der Waals surface area (Å²) in [5.74, 6) is 2.36. The lowest BCUT2D eigenvalue weighted by atomic mass is 9.90. The van der Waals surface area contributed by atoms with E-state index in [1.54, 1.807) is 32.0 Å². The zero-order valence-electron chi connectivity index (χ0n) is 18.4. The van der Waals surface area contributed by atoms with Crippen LogP contribution in [-0.4, -0.2) is 77.5 Å². The Morgan fingerprint density at radius 1 is 1.25 bits per heavy atom. The Morgan fingerprint density at radius 2 is 2.06 bits per heavy atom. The number of para-hydroxylation sites is 1. The normalized spacial score (nSPS) is 17.2. The predicted octanol–water partition coefficient (Wildman–Crippen LogP) is 1.68. The summed E-state index contributed by atoms with van der Waals surface area (Å²) in [6.45, 7) is 0.957. The Balaban J connectivity index is 1.70. The summed E-state index contributed by atoms with van der Waals surface area (Å²) < 4.78 is 18.8. The number of likely N-dealkylation sites (N-methyl/N-ethyl adjacent to an activating group) is 1. The molecule has 2 aliphatic heterocycles. The molecule has 0 bridgehead atoms. The van der Waals surface area contributed by atoms with Crippen molar-refractivity contribution in [3.05, 3.63) is 52.8 Å². The fraction of sp³-hybridized carbons (Fsp3) is 0.364. The Labute approximate surface area is 185 Å². The number of aromatic nitrogens is 4. The van der Waals surface area contributed by atoms with Gasteiger partial charge in [0.1, 0.15) is 6.04 Å². The number of carbonyl (C=O) groups excluding carboxylic acids is 1. The first kappa shape index (κ1) is 20.3. The van der Waals surface area contributed by atoms with Crippen LogP contribution in [0, 0.1) is 0 Å². The number of carbonyl (C=O) groups is 1. The largest absolute Gasteiger partial charge is 0.492 e. The van der Waals surface area contributed by atoms with Gasteiger partial charge in [-0.1, -0.05) is 12.1 Å². The second-order valence-electron chi connectivity index (χ2n) is 8.02. The molecule has 0 saturated heterocycles. The van der Waals surface area contributed by atoms with Gasteiger partial charge in [-0.15, -0.1) is 5.10 Å². The van der Waals surface area contributed by atoms with Crippen LogP contribution in [0.1, 0.15) is 33.4 Å². The highest BCUT2D eigenvalue weighted by Crippen LogP contribution is 2.50. The van der Waals surface area contributed by atoms with E-state index >= 15 is 0 Å². The molecule has 10 heteroatoms. The summed E-state index contributed by atoms with van der Waals surface area (Å²) in [7, 11) is 7.08. The number of tetrazole rings is 1. The van der Waals surface area contributed by atoms with Crippen LogP contribution in [0.5, 0.6) is 17.2 Å². The van der Waals surface area contributed by atoms with Gasteiger partial charge >= 0.3 is 0 Å². The van der Waals surface area contributed by atoms with Gasteiger partial charge in [-0.05, 0) is 47.7 Å². The SMILES string of the molecule is COc1c2c(cc3c1C(c1nnnn1-c1ccccc1C(=O)N(C)C)N(C)CC3)OCO2. The third kappa shape index (κ3) is 3.06. The molecule has 0 fully saturated rings. The average Bonchev–Trinajstić information content (AvgIpc) is 3.46. The molecule has 0 N–H and O–H groups in total. The first-order valence-corrected chi connectivity index (χ1v) is 10.3. The molecule has 5 rings (SSSR count). The maximum atomic E-state index is 12.8. The number of hydrogen-bond donors (Lipinski definition) is 0. The van der Waals surface area contributed by atoms with E-state index in [0.717, 1.165) is 24.1 Å². The Hall–Kier alpha value is -3.66. The van der Waals surface area contributed by atoms with Crippen molar-refractivity contribution in [2.75, 3.05) is 41.6 Å². The van der Waals surface area contributed by atoms with Crippen molar-refractivity contribution in [2.24, 2.45) is 0 Å². The van der Waals surface area contributed by atoms with E-state index in [2.05, 4.69) is 20.4 Å². The van der Waals surface area contributed by atoms with Gasteiger partial charge in [0, 0.05) is 26.2 Å². The van der Waals surface area contributed by atoms with Gasteiger partial charge in [-0.2, -0.15) is 4.68 Å². The fourth-order valence-corrected chi connectivity index (χ4v) is 4.38. The van der Waals surface area contributed by atoms with Crippen molar-refractivity contribution in [3.8, 4) is 22.9 Å². The number of fused-ring (bicyclic) bond motifs is 2. The van der Waals surface area contributed by atoms with E-state index in [4.69, 9.17) is 14.2 Å². The van der Waals surface area contributed by atoms with E-state index < -0.39 is 0 Å². The number of nitrogens with zero attached hydrogens (tertiary/aromatic N) is 6. The van der Waals surface area contributed by atoms with Crippen molar-refractivity contribution in [3.63, 3.8) is 0 Å². The topological polar surface area (TPSA) is 94.8 Å². The van der Waals surface area contributed by atoms with E-state index in [9.17, 15) is 4.79 Å². The van der Waals surface area contributed by atoms with Crippen molar-refractivity contribution in [1.29, 1.82) is 0 Å². The molecule has 1 aromatic heterocycles. The summed E-state index contributed by atoms with van der Waals surface area (Å²) in [4.78, 5) is 16.5. The molecular formula is C22H24N6O4. The van der Waals surface area contributed by atoms with Gasteiger partial charge in [-0.25, -0.2) is 0 Å². The molecule has 2 aliphatic rings. The average molecular weight is 436 g/mol. The van der Waals surface area contributed by atoms with Crippen LogP contribution < -0.4 is 14.2 Å². The van der Waals surface area contributed by atoms with Crippen LogP contribution in [0.15, 0.2) is 30.3 Å². The zero-order chi connectivity index (χ0) is 22.4. The van der Waals surface area contributed by atoms with Gasteiger partial charge in [0.05, 0.1) is 18.4 Å². The summed E-state index contributed by atoms with van der Waals surface area (Å²) in [5.41, 5.74) is 3.17. The van der Waals surface area contributed by atoms with E-state index in [-0.39, 0.29) is 18.7 Å². The van der Waals surface area contributed by atoms with Gasteiger partial charge in [0.2, 0.25) is 12.5 Å². The summed E-state index contributed by atoms with van der Waals surface area (Å²) in [5, 5.41) is 12.6. The third-order valence-electron chi connectivity index (χ3n) is 5.90. The number of rotatable bonds is 4. The molecule has 1 amide bonds. The highest BCUT2D eigenvalue weighted by molar-refractivity contribution is 5.97. The second-order valence-corrected chi connectivity index (χ2v) is 8.02. The monoisotopic (exact) mass is 436 g/mol. The highest BCUT2D eigenvalue weighted by atomic mass is 16.7. The molecule has 3 aromatic rings. The van der Waals surface area contributed by atoms with Crippen LogP contribution in [-0.2, 0) is 6.42 Å². The lowest BCUT2D eigenvalue weighted by molar-refractivity contribution is 0.0827. The number of hydrogen-bond acceptors (Lipinski definition) is 8. The molecule has 2 aromatic carbocycles. The number of amides is 1. The van der Waals surface area contributed by atoms with Crippen LogP contribution in [0.4, 0.5) is 0 Å². The molecule has 3 heterocycles. The second kappa shape index (κ2) is 7.79. The minimum absolute atomic E-state index is 0.125. The summed E-state index contributed by atoms with van der Waals surface area (Å²) in [6.07, 6.45) is 0.826. The smallest absolute Gasteiger partial charge is 0.255 e. The quantitative estimate of drug-likeness (QED) is 0.610.